The van der Waals surface area contributed by atoms with Crippen molar-refractivity contribution < 1.29 is 45.3 Å². The number of hydrogen-bond acceptors (Lipinski definition) is 8. The summed E-state index contributed by atoms with van der Waals surface area (Å²) in [5.41, 5.74) is 6.85. The zero-order chi connectivity index (χ0) is 29.1. The van der Waals surface area contributed by atoms with Gasteiger partial charge in [0.15, 0.2) is 6.61 Å². The van der Waals surface area contributed by atoms with Crippen molar-refractivity contribution in [3.05, 3.63) is 60.2 Å². The van der Waals surface area contributed by atoms with E-state index in [0.29, 0.717) is 24.0 Å². The third kappa shape index (κ3) is 7.88. The molecule has 1 saturated carbocycles. The number of rotatable bonds is 10. The molecular weight excluding hydrogens is 548 g/mol. The molecule has 1 aliphatic carbocycles. The van der Waals surface area contributed by atoms with Crippen molar-refractivity contribution in [3.8, 4) is 28.6 Å². The Hall–Kier alpha value is -4.27. The summed E-state index contributed by atoms with van der Waals surface area (Å²) in [7, 11) is 0. The number of alkyl halides is 6. The minimum atomic E-state index is -4.82. The number of nitrogens with zero attached hydrogens (tertiary/aromatic N) is 3. The largest absolute Gasteiger partial charge is 0.573 e. The van der Waals surface area contributed by atoms with Crippen molar-refractivity contribution in [1.82, 2.24) is 15.2 Å². The number of carbonyl (C=O) groups is 1. The van der Waals surface area contributed by atoms with E-state index in [1.165, 1.54) is 36.4 Å². The fourth-order valence-electron chi connectivity index (χ4n) is 3.73. The maximum atomic E-state index is 13.1. The molecule has 1 amide bonds. The van der Waals surface area contributed by atoms with Gasteiger partial charge in [-0.2, -0.15) is 13.2 Å². The fourth-order valence-corrected chi connectivity index (χ4v) is 3.73. The van der Waals surface area contributed by atoms with Gasteiger partial charge in [-0.1, -0.05) is 18.2 Å². The van der Waals surface area contributed by atoms with E-state index in [1.54, 1.807) is 6.07 Å². The fraction of sp³-hybridized carbons (Fsp3) is 0.320. The van der Waals surface area contributed by atoms with Crippen molar-refractivity contribution in [2.75, 3.05) is 25.5 Å². The van der Waals surface area contributed by atoms with E-state index in [-0.39, 0.29) is 41.9 Å². The predicted octanol–water partition coefficient (Wildman–Crippen LogP) is 4.74. The molecule has 1 aliphatic rings. The molecule has 0 spiro atoms. The number of anilines is 1. The smallest absolute Gasteiger partial charge is 0.476 e. The molecule has 15 heteroatoms. The topological polar surface area (TPSA) is 126 Å². The molecule has 0 radical (unpaired) electrons. The van der Waals surface area contributed by atoms with Crippen LogP contribution in [0.25, 0.3) is 11.1 Å². The number of nitrogens with two attached hydrogens (primary N) is 2. The lowest BCUT2D eigenvalue weighted by atomic mass is 10.0. The van der Waals surface area contributed by atoms with Gasteiger partial charge in [0.2, 0.25) is 11.8 Å². The second-order valence-corrected chi connectivity index (χ2v) is 9.21. The van der Waals surface area contributed by atoms with Crippen LogP contribution < -0.4 is 25.8 Å². The number of hydrogen-bond donors (Lipinski definition) is 2. The van der Waals surface area contributed by atoms with Gasteiger partial charge in [0, 0.05) is 29.8 Å². The quantitative estimate of drug-likeness (QED) is 0.118. The van der Waals surface area contributed by atoms with Gasteiger partial charge in [0.25, 0.3) is 5.91 Å². The highest BCUT2D eigenvalue weighted by atomic mass is 19.4. The molecule has 2 aromatic carbocycles. The summed E-state index contributed by atoms with van der Waals surface area (Å²) >= 11 is 0. The molecule has 0 atom stereocenters. The van der Waals surface area contributed by atoms with Crippen LogP contribution in [0.4, 0.5) is 32.0 Å². The Balaban J connectivity index is 1.36. The van der Waals surface area contributed by atoms with Gasteiger partial charge < -0.3 is 19.9 Å². The Morgan fingerprint density at radius 2 is 1.50 bits per heavy atom. The molecule has 1 aromatic heterocycles. The molecule has 40 heavy (non-hydrogen) atoms. The van der Waals surface area contributed by atoms with E-state index < -0.39 is 30.5 Å². The molecule has 0 unspecified atom stereocenters. The van der Waals surface area contributed by atoms with Crippen molar-refractivity contribution in [2.24, 2.45) is 11.3 Å². The number of aromatic nitrogens is 2. The summed E-state index contributed by atoms with van der Waals surface area (Å²) < 4.78 is 88.0. The van der Waals surface area contributed by atoms with Gasteiger partial charge in [-0.05, 0) is 48.2 Å². The van der Waals surface area contributed by atoms with Gasteiger partial charge in [-0.25, -0.2) is 5.84 Å². The van der Waals surface area contributed by atoms with Crippen molar-refractivity contribution >= 4 is 11.6 Å². The number of hydrazine groups is 1. The van der Waals surface area contributed by atoms with Crippen LogP contribution in [0.5, 0.6) is 17.5 Å². The zero-order valence-electron chi connectivity index (χ0n) is 20.6. The minimum absolute atomic E-state index is 0.0594. The van der Waals surface area contributed by atoms with Gasteiger partial charge in [0.1, 0.15) is 5.75 Å². The number of carbonyl (C=O) groups excluding carboxylic acids is 1. The molecule has 3 aromatic rings. The number of benzene rings is 2. The van der Waals surface area contributed by atoms with Crippen molar-refractivity contribution in [1.29, 1.82) is 0 Å². The molecule has 9 nitrogen and oxygen atoms in total. The Morgan fingerprint density at radius 1 is 0.900 bits per heavy atom. The highest BCUT2D eigenvalue weighted by Crippen LogP contribution is 2.46. The predicted molar refractivity (Wildman–Crippen MR) is 129 cm³/mol. The van der Waals surface area contributed by atoms with Crippen LogP contribution in [0.15, 0.2) is 54.6 Å². The first-order chi connectivity index (χ1) is 18.7. The molecule has 0 bridgehead atoms. The van der Waals surface area contributed by atoms with Crippen molar-refractivity contribution in [3.63, 3.8) is 0 Å². The Morgan fingerprint density at radius 3 is 2.05 bits per heavy atom. The third-order valence-electron chi connectivity index (χ3n) is 5.95. The highest BCUT2D eigenvalue weighted by Gasteiger charge is 2.46. The normalized spacial score (nSPS) is 14.4. The number of ether oxygens (including phenoxy) is 3. The number of nitrogen functional groups attached to an aromatic ring is 1. The Kier molecular flexibility index (Phi) is 7.95. The van der Waals surface area contributed by atoms with Crippen LogP contribution in [0.1, 0.15) is 23.2 Å². The van der Waals surface area contributed by atoms with E-state index in [0.717, 1.165) is 17.1 Å². The lowest BCUT2D eigenvalue weighted by molar-refractivity contribution is -0.274. The molecule has 4 rings (SSSR count). The van der Waals surface area contributed by atoms with Crippen LogP contribution >= 0.6 is 0 Å². The minimum Gasteiger partial charge on any atom is -0.476 e. The lowest BCUT2D eigenvalue weighted by Gasteiger charge is -2.24. The molecule has 1 heterocycles. The summed E-state index contributed by atoms with van der Waals surface area (Å²) in [6, 6.07) is 12.2. The van der Waals surface area contributed by atoms with Gasteiger partial charge in [-0.15, -0.1) is 23.4 Å². The van der Waals surface area contributed by atoms with Crippen LogP contribution in [0, 0.1) is 5.41 Å². The maximum Gasteiger partial charge on any atom is 0.573 e. The lowest BCUT2D eigenvalue weighted by Crippen LogP contribution is -2.43. The summed E-state index contributed by atoms with van der Waals surface area (Å²) in [6.07, 6.45) is -7.94. The summed E-state index contributed by atoms with van der Waals surface area (Å²) in [4.78, 5) is 13.1. The molecular formula is C25H23F6N5O4. The van der Waals surface area contributed by atoms with Crippen LogP contribution in [0.3, 0.4) is 0 Å². The monoisotopic (exact) mass is 571 g/mol. The van der Waals surface area contributed by atoms with Crippen LogP contribution in [-0.4, -0.2) is 53.4 Å². The molecule has 0 aliphatic heterocycles. The summed E-state index contributed by atoms with van der Waals surface area (Å²) in [5, 5.41) is 8.23. The summed E-state index contributed by atoms with van der Waals surface area (Å²) in [5.74, 6) is 4.87. The summed E-state index contributed by atoms with van der Waals surface area (Å²) in [6.45, 7) is -1.27. The van der Waals surface area contributed by atoms with Gasteiger partial charge in [0.05, 0.1) is 12.2 Å². The number of halogens is 6. The maximum absolute atomic E-state index is 13.1. The van der Waals surface area contributed by atoms with E-state index in [1.807, 2.05) is 0 Å². The Labute approximate surface area is 223 Å². The SMILES string of the molecule is Nc1ccc(-c2ccc(OC(F)(F)F)cc2)cc1C(=O)N(N)CC1(COc2ccc(OCC(F)(F)F)nn2)CC1. The Bertz CT molecular complexity index is 1330. The second-order valence-electron chi connectivity index (χ2n) is 9.21. The van der Waals surface area contributed by atoms with Gasteiger partial charge in [-0.3, -0.25) is 9.80 Å². The average molecular weight is 571 g/mol. The molecule has 214 valence electrons. The van der Waals surface area contributed by atoms with E-state index in [9.17, 15) is 31.1 Å². The first kappa shape index (κ1) is 28.7. The van der Waals surface area contributed by atoms with Crippen molar-refractivity contribution in [2.45, 2.75) is 25.4 Å². The molecule has 4 N–H and O–H groups in total. The second kappa shape index (κ2) is 11.1. The van der Waals surface area contributed by atoms with Gasteiger partial charge >= 0.3 is 12.5 Å². The van der Waals surface area contributed by atoms with E-state index in [2.05, 4.69) is 19.7 Å². The van der Waals surface area contributed by atoms with Crippen LogP contribution in [-0.2, 0) is 0 Å². The third-order valence-corrected chi connectivity index (χ3v) is 5.95. The van der Waals surface area contributed by atoms with E-state index >= 15 is 0 Å². The highest BCUT2D eigenvalue weighted by molar-refractivity contribution is 6.00. The molecule has 0 saturated heterocycles. The average Bonchev–Trinajstić information content (AvgIpc) is 3.65. The first-order valence-corrected chi connectivity index (χ1v) is 11.7. The van der Waals surface area contributed by atoms with E-state index in [4.69, 9.17) is 16.3 Å². The standard InChI is InChI=1S/C25H23F6N5O4/c26-24(27,28)14-39-21-8-7-20(34-35-21)38-13-23(9-10-23)12-36(33)22(37)18-11-16(3-6-19(18)32)15-1-4-17(5-2-15)40-25(29,30)31/h1-8,11H,9-10,12-14,32-33H2. The first-order valence-electron chi connectivity index (χ1n) is 11.7. The van der Waals surface area contributed by atoms with Crippen LogP contribution in [0.2, 0.25) is 0 Å². The molecule has 1 fully saturated rings. The number of amides is 1. The zero-order valence-corrected chi connectivity index (χ0v) is 20.6.